The summed E-state index contributed by atoms with van der Waals surface area (Å²) in [5.74, 6) is -3.01. The average molecular weight is 631 g/mol. The van der Waals surface area contributed by atoms with Gasteiger partial charge < -0.3 is 10.1 Å². The Morgan fingerprint density at radius 3 is 2.29 bits per heavy atom. The molecule has 5 aliphatic rings. The minimum Gasteiger partial charge on any atom is -0.465 e. The molecule has 8 atom stereocenters. The Morgan fingerprint density at radius 2 is 1.69 bits per heavy atom. The predicted octanol–water partition coefficient (Wildman–Crippen LogP) is 6.43. The fourth-order valence-electron chi connectivity index (χ4n) is 10.6. The van der Waals surface area contributed by atoms with E-state index in [0.717, 1.165) is 5.57 Å². The van der Waals surface area contributed by atoms with Gasteiger partial charge in [-0.1, -0.05) is 46.3 Å². The molecule has 0 heterocycles. The first-order chi connectivity index (χ1) is 20.6. The molecule has 2 unspecified atom stereocenters. The number of nitrogens with zero attached hydrogens (tertiary/aromatic N) is 1. The zero-order valence-electron chi connectivity index (χ0n) is 27.4. The first kappa shape index (κ1) is 33.4. The highest BCUT2D eigenvalue weighted by molar-refractivity contribution is 6.05. The van der Waals surface area contributed by atoms with Gasteiger partial charge >= 0.3 is 12.1 Å². The average Bonchev–Trinajstić information content (AvgIpc) is 2.93. The Morgan fingerprint density at radius 1 is 1.04 bits per heavy atom. The van der Waals surface area contributed by atoms with Crippen LogP contribution in [0.3, 0.4) is 0 Å². The lowest BCUT2D eigenvalue weighted by atomic mass is 9.34. The maximum absolute atomic E-state index is 14.6. The molecule has 0 saturated heterocycles. The molecule has 1 amide bonds. The van der Waals surface area contributed by atoms with E-state index in [1.54, 1.807) is 19.1 Å². The van der Waals surface area contributed by atoms with Gasteiger partial charge in [0.25, 0.3) is 0 Å². The number of ether oxygens (including phenoxy) is 1. The van der Waals surface area contributed by atoms with Crippen LogP contribution in [0.2, 0.25) is 0 Å². The van der Waals surface area contributed by atoms with Crippen molar-refractivity contribution in [3.8, 4) is 6.07 Å². The number of nitrogens with one attached hydrogen (secondary N) is 1. The monoisotopic (exact) mass is 630 g/mol. The van der Waals surface area contributed by atoms with Crippen LogP contribution < -0.4 is 5.32 Å². The van der Waals surface area contributed by atoms with E-state index in [1.807, 2.05) is 6.92 Å². The fourth-order valence-corrected chi connectivity index (χ4v) is 10.6. The highest BCUT2D eigenvalue weighted by Gasteiger charge is 2.71. The Balaban J connectivity index is 1.64. The van der Waals surface area contributed by atoms with E-state index in [9.17, 15) is 37.6 Å². The van der Waals surface area contributed by atoms with Crippen LogP contribution in [0.4, 0.5) is 13.2 Å². The third-order valence-corrected chi connectivity index (χ3v) is 13.2. The largest absolute Gasteiger partial charge is 0.465 e. The molecule has 0 spiro atoms. The number of fused-ring (bicyclic) bond motifs is 7. The van der Waals surface area contributed by atoms with Crippen molar-refractivity contribution in [2.75, 3.05) is 13.2 Å². The number of hydrogen-bond acceptors (Lipinski definition) is 6. The molecule has 0 aromatic rings. The number of allylic oxidation sites excluding steroid dienone is 4. The summed E-state index contributed by atoms with van der Waals surface area (Å²) in [5.41, 5.74) is -3.67. The number of nitriles is 1. The van der Waals surface area contributed by atoms with Gasteiger partial charge in [-0.05, 0) is 86.0 Å². The van der Waals surface area contributed by atoms with Crippen molar-refractivity contribution in [3.05, 3.63) is 23.3 Å². The van der Waals surface area contributed by atoms with E-state index in [4.69, 9.17) is 4.74 Å². The zero-order chi connectivity index (χ0) is 33.6. The quantitative estimate of drug-likeness (QED) is 0.359. The van der Waals surface area contributed by atoms with Gasteiger partial charge in [0.2, 0.25) is 5.91 Å². The number of alkyl halides is 3. The molecular formula is C35H45F3N2O5. The summed E-state index contributed by atoms with van der Waals surface area (Å²) in [7, 11) is 0. The lowest BCUT2D eigenvalue weighted by Gasteiger charge is -2.69. The minimum atomic E-state index is -4.54. The van der Waals surface area contributed by atoms with Gasteiger partial charge in [0.05, 0.1) is 16.4 Å². The highest BCUT2D eigenvalue weighted by Crippen LogP contribution is 2.74. The number of hydrogen-bond donors (Lipinski definition) is 1. The molecular weight excluding hydrogens is 585 g/mol. The molecule has 7 nitrogen and oxygen atoms in total. The molecule has 5 rings (SSSR count). The molecule has 0 aromatic carbocycles. The normalized spacial score (nSPS) is 42.0. The first-order valence-electron chi connectivity index (χ1n) is 16.0. The third kappa shape index (κ3) is 4.81. The molecule has 10 heteroatoms. The van der Waals surface area contributed by atoms with Gasteiger partial charge in [0, 0.05) is 18.3 Å². The molecule has 0 bridgehead atoms. The predicted molar refractivity (Wildman–Crippen MR) is 159 cm³/mol. The second-order valence-electron chi connectivity index (χ2n) is 16.2. The molecule has 45 heavy (non-hydrogen) atoms. The SMILES string of the molecule is CC(=O)OC[C@]1(C)C(=O)C(C#N)=C[C@]2(C)C3=CC(=O)C4C5CC(C)(C)CC[C@]5(C(=O)NCC(F)(F)F)CC[C@@]4(C)[C@]3(C)CC[C@H]21. The maximum atomic E-state index is 14.6. The van der Waals surface area contributed by atoms with Crippen LogP contribution in [0.25, 0.3) is 0 Å². The number of halogens is 3. The Bertz CT molecular complexity index is 1460. The van der Waals surface area contributed by atoms with Gasteiger partial charge in [-0.2, -0.15) is 18.4 Å². The van der Waals surface area contributed by atoms with Crippen LogP contribution in [0.15, 0.2) is 23.3 Å². The van der Waals surface area contributed by atoms with E-state index in [2.05, 4.69) is 39.1 Å². The Kier molecular flexibility index (Phi) is 7.62. The fraction of sp³-hybridized carbons (Fsp3) is 0.743. The molecule has 1 N–H and O–H groups in total. The summed E-state index contributed by atoms with van der Waals surface area (Å²) in [6.45, 7) is 11.8. The number of rotatable bonds is 4. The summed E-state index contributed by atoms with van der Waals surface area (Å²) in [6.07, 6.45) is 2.55. The van der Waals surface area contributed by atoms with Crippen molar-refractivity contribution in [1.82, 2.24) is 5.32 Å². The van der Waals surface area contributed by atoms with Gasteiger partial charge in [-0.3, -0.25) is 19.2 Å². The number of Topliss-reactive ketones (excluding diaryl/α,β-unsaturated/α-hetero) is 1. The summed E-state index contributed by atoms with van der Waals surface area (Å²) in [5, 5.41) is 12.2. The maximum Gasteiger partial charge on any atom is 0.405 e. The zero-order valence-corrected chi connectivity index (χ0v) is 27.4. The van der Waals surface area contributed by atoms with Crippen LogP contribution >= 0.6 is 0 Å². The van der Waals surface area contributed by atoms with Crippen molar-refractivity contribution >= 4 is 23.4 Å². The molecule has 0 radical (unpaired) electrons. The lowest BCUT2D eigenvalue weighted by molar-refractivity contribution is -0.182. The second-order valence-corrected chi connectivity index (χ2v) is 16.2. The van der Waals surface area contributed by atoms with E-state index in [0.29, 0.717) is 44.9 Å². The van der Waals surface area contributed by atoms with Crippen LogP contribution in [0, 0.1) is 61.6 Å². The van der Waals surface area contributed by atoms with E-state index >= 15 is 0 Å². The van der Waals surface area contributed by atoms with Crippen LogP contribution in [-0.4, -0.2) is 42.8 Å². The number of ketones is 2. The molecule has 3 saturated carbocycles. The molecule has 0 aliphatic heterocycles. The minimum absolute atomic E-state index is 0.0219. The topological polar surface area (TPSA) is 113 Å². The van der Waals surface area contributed by atoms with E-state index in [1.165, 1.54) is 6.92 Å². The number of amides is 1. The molecule has 0 aromatic heterocycles. The highest BCUT2D eigenvalue weighted by atomic mass is 19.4. The van der Waals surface area contributed by atoms with Crippen molar-refractivity contribution in [3.63, 3.8) is 0 Å². The summed E-state index contributed by atoms with van der Waals surface area (Å²) < 4.78 is 45.0. The number of carbonyl (C=O) groups excluding carboxylic acids is 4. The smallest absolute Gasteiger partial charge is 0.405 e. The molecule has 246 valence electrons. The second kappa shape index (κ2) is 10.3. The molecule has 3 fully saturated rings. The van der Waals surface area contributed by atoms with Crippen molar-refractivity contribution < 1.29 is 37.1 Å². The van der Waals surface area contributed by atoms with Crippen LogP contribution in [0.1, 0.15) is 93.4 Å². The van der Waals surface area contributed by atoms with Gasteiger partial charge in [0.1, 0.15) is 19.2 Å². The third-order valence-electron chi connectivity index (χ3n) is 13.2. The number of carbonyl (C=O) groups is 4. The lowest BCUT2D eigenvalue weighted by Crippen LogP contribution is -2.67. The van der Waals surface area contributed by atoms with Crippen molar-refractivity contribution in [2.45, 2.75) is 99.6 Å². The van der Waals surface area contributed by atoms with Crippen LogP contribution in [-0.2, 0) is 23.9 Å². The summed E-state index contributed by atoms with van der Waals surface area (Å²) in [6, 6.07) is 2.06. The van der Waals surface area contributed by atoms with Gasteiger partial charge in [-0.25, -0.2) is 0 Å². The van der Waals surface area contributed by atoms with E-state index in [-0.39, 0.29) is 35.1 Å². The van der Waals surface area contributed by atoms with Gasteiger partial charge in [-0.15, -0.1) is 0 Å². The standard InChI is InChI=1S/C35H45F3N2O5/c1-20(41)45-19-31(5)24-8-9-32(6)25(30(24,4)15-21(17-39)27(31)43)14-23(42)26-22-16-29(2,3)10-12-34(22,13-11-33(26,32)7)28(44)40-18-35(36,37)38/h14-15,22,24,26H,8-13,16,18-19H2,1-7H3,(H,40,44)/t22?,24-,26?,30+,31+,32-,33-,34+/m1/s1. The van der Waals surface area contributed by atoms with Crippen molar-refractivity contribution in [1.29, 1.82) is 5.26 Å². The van der Waals surface area contributed by atoms with E-state index < -0.39 is 63.5 Å². The van der Waals surface area contributed by atoms with Gasteiger partial charge in [0.15, 0.2) is 11.6 Å². The molecule has 5 aliphatic carbocycles. The summed E-state index contributed by atoms with van der Waals surface area (Å²) in [4.78, 5) is 53.8. The van der Waals surface area contributed by atoms with Crippen molar-refractivity contribution in [2.24, 2.45) is 50.2 Å². The first-order valence-corrected chi connectivity index (χ1v) is 16.0. The van der Waals surface area contributed by atoms with Crippen LogP contribution in [0.5, 0.6) is 0 Å². The number of esters is 1. The Labute approximate surface area is 263 Å². The Hall–Kier alpha value is -2.96. The summed E-state index contributed by atoms with van der Waals surface area (Å²) >= 11 is 0.